The van der Waals surface area contributed by atoms with Crippen LogP contribution in [0.25, 0.3) is 11.1 Å². The molecule has 0 radical (unpaired) electrons. The molecule has 0 spiro atoms. The highest BCUT2D eigenvalue weighted by Gasteiger charge is 2.32. The van der Waals surface area contributed by atoms with Gasteiger partial charge < -0.3 is 14.6 Å². The van der Waals surface area contributed by atoms with Crippen LogP contribution in [-0.4, -0.2) is 16.7 Å². The fourth-order valence-corrected chi connectivity index (χ4v) is 4.30. The van der Waals surface area contributed by atoms with Crippen LogP contribution in [0.4, 0.5) is 4.39 Å². The maximum atomic E-state index is 14.7. The van der Waals surface area contributed by atoms with Crippen LogP contribution in [-0.2, 0) is 24.2 Å². The fraction of sp³-hybridized carbons (Fsp3) is 0.296. The average Bonchev–Trinajstić information content (AvgIpc) is 3.06. The molecule has 4 nitrogen and oxygen atoms in total. The van der Waals surface area contributed by atoms with Gasteiger partial charge in [-0.25, -0.2) is 4.39 Å². The summed E-state index contributed by atoms with van der Waals surface area (Å²) < 4.78 is 26.7. The molecule has 33 heavy (non-hydrogen) atoms. The molecule has 1 N–H and O–H groups in total. The van der Waals surface area contributed by atoms with Crippen molar-refractivity contribution in [3.63, 3.8) is 0 Å². The Labute approximate surface area is 197 Å². The highest BCUT2D eigenvalue weighted by atomic mass is 35.5. The predicted molar refractivity (Wildman–Crippen MR) is 127 cm³/mol. The quantitative estimate of drug-likeness (QED) is 0.419. The van der Waals surface area contributed by atoms with Gasteiger partial charge in [-0.3, -0.25) is 4.79 Å². The zero-order chi connectivity index (χ0) is 23.8. The second-order valence-electron chi connectivity index (χ2n) is 9.17. The van der Waals surface area contributed by atoms with E-state index in [1.165, 1.54) is 6.07 Å². The van der Waals surface area contributed by atoms with Crippen LogP contribution in [0.3, 0.4) is 0 Å². The van der Waals surface area contributed by atoms with Crippen molar-refractivity contribution in [3.05, 3.63) is 82.1 Å². The van der Waals surface area contributed by atoms with E-state index in [4.69, 9.17) is 26.2 Å². The third kappa shape index (κ3) is 5.31. The standard InChI is InChI=1S/C27H26ClFO4/c1-16(26(30)31)9-17-7-8-24(23(29)10-17)32-15-21-12-19(18-5-4-6-22(28)13-18)11-20-14-27(2,3)33-25(20)21/h4-8,10-13,16H,9,14-15H2,1-3H3,(H,30,31). The van der Waals surface area contributed by atoms with Gasteiger partial charge in [-0.05, 0) is 78.9 Å². The normalized spacial score (nSPS) is 14.9. The summed E-state index contributed by atoms with van der Waals surface area (Å²) >= 11 is 6.19. The molecule has 3 aromatic carbocycles. The predicted octanol–water partition coefficient (Wildman–Crippen LogP) is 6.70. The van der Waals surface area contributed by atoms with E-state index >= 15 is 0 Å². The second kappa shape index (κ2) is 9.06. The van der Waals surface area contributed by atoms with Crippen LogP contribution in [0.2, 0.25) is 5.02 Å². The molecule has 4 rings (SSSR count). The van der Waals surface area contributed by atoms with Crippen molar-refractivity contribution in [2.24, 2.45) is 5.92 Å². The lowest BCUT2D eigenvalue weighted by atomic mass is 9.95. The maximum absolute atomic E-state index is 14.7. The number of hydrogen-bond acceptors (Lipinski definition) is 3. The van der Waals surface area contributed by atoms with E-state index in [2.05, 4.69) is 6.07 Å². The van der Waals surface area contributed by atoms with E-state index in [9.17, 15) is 9.18 Å². The number of benzene rings is 3. The lowest BCUT2D eigenvalue weighted by Crippen LogP contribution is -2.25. The van der Waals surface area contributed by atoms with Crippen LogP contribution in [0.1, 0.15) is 37.5 Å². The summed E-state index contributed by atoms with van der Waals surface area (Å²) in [7, 11) is 0. The first-order valence-corrected chi connectivity index (χ1v) is 11.2. The number of carbonyl (C=O) groups is 1. The number of hydrogen-bond donors (Lipinski definition) is 1. The fourth-order valence-electron chi connectivity index (χ4n) is 4.11. The summed E-state index contributed by atoms with van der Waals surface area (Å²) in [5, 5.41) is 9.73. The largest absolute Gasteiger partial charge is 0.487 e. The molecule has 172 valence electrons. The highest BCUT2D eigenvalue weighted by Crippen LogP contribution is 2.41. The lowest BCUT2D eigenvalue weighted by Gasteiger charge is -2.19. The van der Waals surface area contributed by atoms with Crippen molar-refractivity contribution in [1.82, 2.24) is 0 Å². The van der Waals surface area contributed by atoms with Crippen LogP contribution < -0.4 is 9.47 Å². The van der Waals surface area contributed by atoms with E-state index in [0.29, 0.717) is 10.6 Å². The Hall–Kier alpha value is -3.05. The maximum Gasteiger partial charge on any atom is 0.306 e. The molecule has 1 atom stereocenters. The number of halogens is 2. The van der Waals surface area contributed by atoms with Gasteiger partial charge in [0.15, 0.2) is 11.6 Å². The van der Waals surface area contributed by atoms with Crippen molar-refractivity contribution in [3.8, 4) is 22.6 Å². The van der Waals surface area contributed by atoms with E-state index < -0.39 is 17.7 Å². The third-order valence-electron chi connectivity index (χ3n) is 5.74. The molecule has 1 aliphatic heterocycles. The summed E-state index contributed by atoms with van der Waals surface area (Å²) in [6, 6.07) is 16.3. The molecule has 0 bridgehead atoms. The molecule has 0 saturated carbocycles. The van der Waals surface area contributed by atoms with Crippen LogP contribution >= 0.6 is 11.6 Å². The highest BCUT2D eigenvalue weighted by molar-refractivity contribution is 6.30. The number of rotatable bonds is 7. The van der Waals surface area contributed by atoms with Gasteiger partial charge in [-0.2, -0.15) is 0 Å². The van der Waals surface area contributed by atoms with E-state index in [1.54, 1.807) is 19.1 Å². The zero-order valence-corrected chi connectivity index (χ0v) is 19.6. The monoisotopic (exact) mass is 468 g/mol. The van der Waals surface area contributed by atoms with Crippen LogP contribution in [0.5, 0.6) is 11.5 Å². The molecular formula is C27H26ClFO4. The van der Waals surface area contributed by atoms with Gasteiger partial charge in [-0.1, -0.05) is 36.7 Å². The Morgan fingerprint density at radius 3 is 2.67 bits per heavy atom. The SMILES string of the molecule is CC(Cc1ccc(OCc2cc(-c3cccc(Cl)c3)cc3c2OC(C)(C)C3)c(F)c1)C(=O)O. The van der Waals surface area contributed by atoms with Crippen molar-refractivity contribution in [2.75, 3.05) is 0 Å². The third-order valence-corrected chi connectivity index (χ3v) is 5.97. The lowest BCUT2D eigenvalue weighted by molar-refractivity contribution is -0.141. The first-order valence-electron chi connectivity index (χ1n) is 10.9. The van der Waals surface area contributed by atoms with Crippen molar-refractivity contribution >= 4 is 17.6 Å². The number of fused-ring (bicyclic) bond motifs is 1. The van der Waals surface area contributed by atoms with Crippen LogP contribution in [0, 0.1) is 11.7 Å². The Kier molecular flexibility index (Phi) is 6.35. The molecular weight excluding hydrogens is 443 g/mol. The Morgan fingerprint density at radius 2 is 1.97 bits per heavy atom. The summed E-state index contributed by atoms with van der Waals surface area (Å²) in [5.41, 5.74) is 4.17. The van der Waals surface area contributed by atoms with Crippen molar-refractivity contribution in [1.29, 1.82) is 0 Å². The molecule has 1 aliphatic rings. The topological polar surface area (TPSA) is 55.8 Å². The molecule has 1 unspecified atom stereocenters. The Bertz CT molecular complexity index is 1200. The van der Waals surface area contributed by atoms with Gasteiger partial charge in [0.1, 0.15) is 18.0 Å². The Balaban J connectivity index is 1.60. The minimum Gasteiger partial charge on any atom is -0.487 e. The van der Waals surface area contributed by atoms with Gasteiger partial charge in [-0.15, -0.1) is 0 Å². The van der Waals surface area contributed by atoms with Crippen molar-refractivity contribution < 1.29 is 23.8 Å². The number of carboxylic acid groups (broad SMARTS) is 1. The van der Waals surface area contributed by atoms with Gasteiger partial charge in [0.05, 0.1) is 5.92 Å². The smallest absolute Gasteiger partial charge is 0.306 e. The van der Waals surface area contributed by atoms with Gasteiger partial charge in [0, 0.05) is 17.0 Å². The molecule has 3 aromatic rings. The van der Waals surface area contributed by atoms with Gasteiger partial charge in [0.2, 0.25) is 0 Å². The molecule has 0 saturated heterocycles. The first kappa shape index (κ1) is 23.1. The van der Waals surface area contributed by atoms with Crippen LogP contribution in [0.15, 0.2) is 54.6 Å². The summed E-state index contributed by atoms with van der Waals surface area (Å²) in [6.07, 6.45) is 1.01. The number of aliphatic carboxylic acids is 1. The first-order chi connectivity index (χ1) is 15.6. The Morgan fingerprint density at radius 1 is 1.18 bits per heavy atom. The second-order valence-corrected chi connectivity index (χ2v) is 9.61. The number of carboxylic acids is 1. The molecule has 0 amide bonds. The molecule has 0 aromatic heterocycles. The number of ether oxygens (including phenoxy) is 2. The summed E-state index contributed by atoms with van der Waals surface area (Å²) in [4.78, 5) is 11.1. The molecule has 0 fully saturated rings. The van der Waals surface area contributed by atoms with Crippen molar-refractivity contribution in [2.45, 2.75) is 45.8 Å². The molecule has 6 heteroatoms. The molecule has 1 heterocycles. The molecule has 0 aliphatic carbocycles. The average molecular weight is 469 g/mol. The van der Waals surface area contributed by atoms with Gasteiger partial charge >= 0.3 is 5.97 Å². The summed E-state index contributed by atoms with van der Waals surface area (Å²) in [6.45, 7) is 5.80. The van der Waals surface area contributed by atoms with E-state index in [0.717, 1.165) is 34.4 Å². The minimum absolute atomic E-state index is 0.112. The summed E-state index contributed by atoms with van der Waals surface area (Å²) in [5.74, 6) is -1.13. The zero-order valence-electron chi connectivity index (χ0n) is 18.8. The minimum atomic E-state index is -0.910. The van der Waals surface area contributed by atoms with E-state index in [-0.39, 0.29) is 24.4 Å². The van der Waals surface area contributed by atoms with E-state index in [1.807, 2.05) is 44.2 Å². The van der Waals surface area contributed by atoms with Gasteiger partial charge in [0.25, 0.3) is 0 Å².